The monoisotopic (exact) mass is 156 g/mol. The molecule has 0 saturated heterocycles. The largest absolute Gasteiger partial charge is 0.412 e. The lowest BCUT2D eigenvalue weighted by molar-refractivity contribution is -0.0818. The summed E-state index contributed by atoms with van der Waals surface area (Å²) in [5.74, 6) is -1.82. The average Bonchev–Trinajstić information content (AvgIpc) is 1.60. The van der Waals surface area contributed by atoms with E-state index in [-0.39, 0.29) is 6.08 Å². The lowest BCUT2D eigenvalue weighted by Crippen LogP contribution is -2.04. The third kappa shape index (κ3) is 4.35. The molecule has 0 radical (unpaired) electrons. The van der Waals surface area contributed by atoms with Crippen LogP contribution in [0.15, 0.2) is 11.9 Å². The van der Waals surface area contributed by atoms with Crippen LogP contribution < -0.4 is 0 Å². The Kier molecular flexibility index (Phi) is 2.87. The van der Waals surface area contributed by atoms with Gasteiger partial charge in [0.25, 0.3) is 0 Å². The van der Waals surface area contributed by atoms with E-state index in [1.807, 2.05) is 0 Å². The van der Waals surface area contributed by atoms with Crippen LogP contribution in [0.3, 0.4) is 0 Å². The van der Waals surface area contributed by atoms with Gasteiger partial charge in [-0.25, -0.2) is 4.39 Å². The Bertz CT molecular complexity index is 131. The van der Waals surface area contributed by atoms with E-state index in [0.29, 0.717) is 0 Å². The highest BCUT2D eigenvalue weighted by atomic mass is 19.4. The quantitative estimate of drug-likeness (QED) is 0.512. The molecule has 0 N–H and O–H groups in total. The third-order valence-corrected chi connectivity index (χ3v) is 0.853. The molecule has 0 spiro atoms. The molecule has 0 atom stereocenters. The zero-order valence-corrected chi connectivity index (χ0v) is 5.67. The Morgan fingerprint density at radius 3 is 1.80 bits per heavy atom. The minimum atomic E-state index is -4.53. The zero-order chi connectivity index (χ0) is 8.36. The molecule has 0 aromatic heterocycles. The number of allylic oxidation sites excluding steroid dienone is 2. The highest BCUT2D eigenvalue weighted by Gasteiger charge is 2.25. The molecule has 0 aliphatic carbocycles. The Labute approximate surface area is 56.5 Å². The molecule has 4 heteroatoms. The predicted molar refractivity (Wildman–Crippen MR) is 30.1 cm³/mol. The van der Waals surface area contributed by atoms with E-state index >= 15 is 0 Å². The SMILES string of the molecule is CC(C)/C(F)=C\C(F)(F)F. The summed E-state index contributed by atoms with van der Waals surface area (Å²) in [5, 5.41) is 0. The highest BCUT2D eigenvalue weighted by Crippen LogP contribution is 2.22. The zero-order valence-electron chi connectivity index (χ0n) is 5.67. The lowest BCUT2D eigenvalue weighted by Gasteiger charge is -2.02. The molecule has 0 aromatic rings. The lowest BCUT2D eigenvalue weighted by atomic mass is 10.2. The molecule has 0 rings (SSSR count). The first-order valence-corrected chi connectivity index (χ1v) is 2.78. The van der Waals surface area contributed by atoms with Gasteiger partial charge in [0.05, 0.1) is 6.08 Å². The fourth-order valence-corrected chi connectivity index (χ4v) is 0.323. The van der Waals surface area contributed by atoms with Gasteiger partial charge in [-0.15, -0.1) is 0 Å². The first-order chi connectivity index (χ1) is 4.33. The van der Waals surface area contributed by atoms with Crippen molar-refractivity contribution in [2.75, 3.05) is 0 Å². The van der Waals surface area contributed by atoms with Crippen molar-refractivity contribution in [3.05, 3.63) is 11.9 Å². The van der Waals surface area contributed by atoms with E-state index in [1.54, 1.807) is 0 Å². The van der Waals surface area contributed by atoms with Crippen molar-refractivity contribution < 1.29 is 17.6 Å². The van der Waals surface area contributed by atoms with E-state index in [2.05, 4.69) is 0 Å². The molecule has 0 aromatic carbocycles. The van der Waals surface area contributed by atoms with Crippen LogP contribution in [0.25, 0.3) is 0 Å². The van der Waals surface area contributed by atoms with Crippen LogP contribution >= 0.6 is 0 Å². The van der Waals surface area contributed by atoms with E-state index in [4.69, 9.17) is 0 Å². The fraction of sp³-hybridized carbons (Fsp3) is 0.667. The molecular weight excluding hydrogens is 148 g/mol. The van der Waals surface area contributed by atoms with Crippen molar-refractivity contribution in [3.8, 4) is 0 Å². The van der Waals surface area contributed by atoms with Crippen LogP contribution in [0, 0.1) is 5.92 Å². The number of halogens is 4. The Morgan fingerprint density at radius 1 is 1.30 bits per heavy atom. The molecule has 0 bridgehead atoms. The second kappa shape index (κ2) is 3.03. The molecule has 0 heterocycles. The predicted octanol–water partition coefficient (Wildman–Crippen LogP) is 3.06. The van der Waals surface area contributed by atoms with Gasteiger partial charge in [0.1, 0.15) is 5.83 Å². The summed E-state index contributed by atoms with van der Waals surface area (Å²) < 4.78 is 46.2. The second-order valence-electron chi connectivity index (χ2n) is 2.23. The summed E-state index contributed by atoms with van der Waals surface area (Å²) in [7, 11) is 0. The van der Waals surface area contributed by atoms with Crippen LogP contribution in [0.1, 0.15) is 13.8 Å². The van der Waals surface area contributed by atoms with Crippen molar-refractivity contribution in [2.45, 2.75) is 20.0 Å². The summed E-state index contributed by atoms with van der Waals surface area (Å²) >= 11 is 0. The van der Waals surface area contributed by atoms with Gasteiger partial charge in [-0.3, -0.25) is 0 Å². The van der Waals surface area contributed by atoms with Gasteiger partial charge in [0, 0.05) is 5.92 Å². The third-order valence-electron chi connectivity index (χ3n) is 0.853. The van der Waals surface area contributed by atoms with Crippen LogP contribution in [-0.4, -0.2) is 6.18 Å². The topological polar surface area (TPSA) is 0 Å². The first kappa shape index (κ1) is 9.46. The Balaban J connectivity index is 4.17. The molecule has 0 saturated carbocycles. The van der Waals surface area contributed by atoms with Crippen molar-refractivity contribution >= 4 is 0 Å². The summed E-state index contributed by atoms with van der Waals surface area (Å²) in [6.45, 7) is 2.72. The summed E-state index contributed by atoms with van der Waals surface area (Å²) in [6, 6.07) is 0. The number of hydrogen-bond donors (Lipinski definition) is 0. The van der Waals surface area contributed by atoms with E-state index in [9.17, 15) is 17.6 Å². The molecule has 0 amide bonds. The minimum absolute atomic E-state index is 0.322. The fourth-order valence-electron chi connectivity index (χ4n) is 0.323. The van der Waals surface area contributed by atoms with Gasteiger partial charge in [-0.1, -0.05) is 13.8 Å². The number of rotatable bonds is 1. The first-order valence-electron chi connectivity index (χ1n) is 2.78. The van der Waals surface area contributed by atoms with Crippen LogP contribution in [0.5, 0.6) is 0 Å². The molecule has 10 heavy (non-hydrogen) atoms. The number of alkyl halides is 3. The maximum Gasteiger partial charge on any atom is 0.412 e. The average molecular weight is 156 g/mol. The molecule has 0 aliphatic heterocycles. The van der Waals surface area contributed by atoms with Crippen LogP contribution in [0.2, 0.25) is 0 Å². The second-order valence-corrected chi connectivity index (χ2v) is 2.23. The molecule has 0 aliphatic rings. The summed E-state index contributed by atoms with van der Waals surface area (Å²) in [5.41, 5.74) is 0. The van der Waals surface area contributed by atoms with E-state index < -0.39 is 17.9 Å². The van der Waals surface area contributed by atoms with Crippen LogP contribution in [-0.2, 0) is 0 Å². The van der Waals surface area contributed by atoms with Gasteiger partial charge in [-0.2, -0.15) is 13.2 Å². The smallest absolute Gasteiger partial charge is 0.212 e. The van der Waals surface area contributed by atoms with Crippen molar-refractivity contribution in [1.29, 1.82) is 0 Å². The van der Waals surface area contributed by atoms with Crippen molar-refractivity contribution in [3.63, 3.8) is 0 Å². The Hall–Kier alpha value is -0.540. The van der Waals surface area contributed by atoms with Crippen molar-refractivity contribution in [1.82, 2.24) is 0 Å². The minimum Gasteiger partial charge on any atom is -0.212 e. The Morgan fingerprint density at radius 2 is 1.70 bits per heavy atom. The highest BCUT2D eigenvalue weighted by molar-refractivity contribution is 4.98. The van der Waals surface area contributed by atoms with Gasteiger partial charge in [0.2, 0.25) is 0 Å². The van der Waals surface area contributed by atoms with Crippen molar-refractivity contribution in [2.24, 2.45) is 5.92 Å². The molecule has 0 fully saturated rings. The van der Waals surface area contributed by atoms with Gasteiger partial charge in [0.15, 0.2) is 0 Å². The van der Waals surface area contributed by atoms with Gasteiger partial charge >= 0.3 is 6.18 Å². The molecular formula is C6H8F4. The molecule has 0 nitrogen and oxygen atoms in total. The van der Waals surface area contributed by atoms with Gasteiger partial charge < -0.3 is 0 Å². The van der Waals surface area contributed by atoms with E-state index in [0.717, 1.165) is 0 Å². The number of hydrogen-bond acceptors (Lipinski definition) is 0. The normalized spacial score (nSPS) is 14.5. The van der Waals surface area contributed by atoms with Gasteiger partial charge in [-0.05, 0) is 0 Å². The standard InChI is InChI=1S/C6H8F4/c1-4(2)5(7)3-6(8,9)10/h3-4H,1-2H3/b5-3+. The summed E-state index contributed by atoms with van der Waals surface area (Å²) in [4.78, 5) is 0. The molecule has 0 unspecified atom stereocenters. The maximum absolute atomic E-state index is 12.2. The summed E-state index contributed by atoms with van der Waals surface area (Å²) in [6.07, 6.45) is -4.86. The maximum atomic E-state index is 12.2. The van der Waals surface area contributed by atoms with Crippen LogP contribution in [0.4, 0.5) is 17.6 Å². The van der Waals surface area contributed by atoms with E-state index in [1.165, 1.54) is 13.8 Å². The molecule has 60 valence electrons.